The zero-order valence-electron chi connectivity index (χ0n) is 15.5. The number of hydrogen-bond acceptors (Lipinski definition) is 4. The Labute approximate surface area is 153 Å². The third kappa shape index (κ3) is 2.59. The Kier molecular flexibility index (Phi) is 3.62. The second kappa shape index (κ2) is 5.67. The molecule has 4 aromatic rings. The van der Waals surface area contributed by atoms with Crippen molar-refractivity contribution in [3.05, 3.63) is 68.4 Å². The summed E-state index contributed by atoms with van der Waals surface area (Å²) in [6.45, 7) is 5.80. The number of nitrogens with zero attached hydrogens (tertiary/aromatic N) is 4. The van der Waals surface area contributed by atoms with E-state index in [2.05, 4.69) is 4.98 Å². The van der Waals surface area contributed by atoms with Crippen LogP contribution in [0, 0.1) is 5.82 Å². The fourth-order valence-corrected chi connectivity index (χ4v) is 3.04. The van der Waals surface area contributed by atoms with Crippen molar-refractivity contribution in [1.29, 1.82) is 0 Å². The first kappa shape index (κ1) is 17.3. The first-order valence-electron chi connectivity index (χ1n) is 8.54. The normalized spacial score (nSPS) is 12.3. The SMILES string of the molecule is Cn1c(=O)n(Cc2ccccc2F)c(=O)c2c1nc1oc(C(C)(C)C)cn12. The van der Waals surface area contributed by atoms with Crippen molar-refractivity contribution in [1.82, 2.24) is 18.5 Å². The van der Waals surface area contributed by atoms with Crippen LogP contribution in [0.4, 0.5) is 4.39 Å². The number of aromatic nitrogens is 4. The molecule has 7 nitrogen and oxygen atoms in total. The molecular formula is C19H19FN4O3. The van der Waals surface area contributed by atoms with Gasteiger partial charge in [0.05, 0.1) is 12.7 Å². The lowest BCUT2D eigenvalue weighted by Gasteiger charge is -2.13. The number of oxazole rings is 1. The van der Waals surface area contributed by atoms with E-state index in [1.54, 1.807) is 28.8 Å². The molecule has 1 aromatic carbocycles. The van der Waals surface area contributed by atoms with Crippen LogP contribution in [0.5, 0.6) is 0 Å². The lowest BCUT2D eigenvalue weighted by atomic mass is 9.94. The largest absolute Gasteiger partial charge is 0.428 e. The third-order valence-corrected chi connectivity index (χ3v) is 4.62. The van der Waals surface area contributed by atoms with Gasteiger partial charge in [-0.25, -0.2) is 9.18 Å². The Balaban J connectivity index is 2.01. The van der Waals surface area contributed by atoms with Gasteiger partial charge in [-0.05, 0) is 6.07 Å². The Hall–Kier alpha value is -3.16. The number of aryl methyl sites for hydroxylation is 1. The molecule has 0 N–H and O–H groups in total. The van der Waals surface area contributed by atoms with Gasteiger partial charge in [0.2, 0.25) is 0 Å². The summed E-state index contributed by atoms with van der Waals surface area (Å²) in [6.07, 6.45) is 1.71. The van der Waals surface area contributed by atoms with Gasteiger partial charge >= 0.3 is 11.5 Å². The molecule has 0 saturated heterocycles. The summed E-state index contributed by atoms with van der Waals surface area (Å²) in [4.78, 5) is 30.1. The highest BCUT2D eigenvalue weighted by atomic mass is 19.1. The van der Waals surface area contributed by atoms with E-state index in [-0.39, 0.29) is 34.5 Å². The molecule has 3 heterocycles. The van der Waals surface area contributed by atoms with Crippen LogP contribution in [0.25, 0.3) is 17.0 Å². The van der Waals surface area contributed by atoms with Crippen molar-refractivity contribution >= 4 is 17.0 Å². The molecule has 0 unspecified atom stereocenters. The molecule has 0 spiro atoms. The van der Waals surface area contributed by atoms with Crippen LogP contribution in [-0.4, -0.2) is 18.5 Å². The van der Waals surface area contributed by atoms with Crippen LogP contribution in [0.2, 0.25) is 0 Å². The minimum atomic E-state index is -0.562. The maximum atomic E-state index is 14.0. The van der Waals surface area contributed by atoms with Gasteiger partial charge in [-0.2, -0.15) is 4.98 Å². The van der Waals surface area contributed by atoms with E-state index in [4.69, 9.17) is 4.42 Å². The van der Waals surface area contributed by atoms with Gasteiger partial charge in [0.25, 0.3) is 5.56 Å². The summed E-state index contributed by atoms with van der Waals surface area (Å²) >= 11 is 0. The lowest BCUT2D eigenvalue weighted by molar-refractivity contribution is 0.425. The van der Waals surface area contributed by atoms with Gasteiger partial charge in [-0.1, -0.05) is 39.0 Å². The van der Waals surface area contributed by atoms with Gasteiger partial charge < -0.3 is 4.42 Å². The molecule has 0 saturated carbocycles. The number of rotatable bonds is 2. The van der Waals surface area contributed by atoms with Crippen LogP contribution in [0.15, 0.2) is 44.5 Å². The zero-order valence-corrected chi connectivity index (χ0v) is 15.5. The molecule has 0 bridgehead atoms. The molecule has 0 aliphatic heterocycles. The first-order chi connectivity index (χ1) is 12.7. The van der Waals surface area contributed by atoms with Gasteiger partial charge in [0, 0.05) is 18.0 Å². The highest BCUT2D eigenvalue weighted by molar-refractivity contribution is 5.74. The van der Waals surface area contributed by atoms with E-state index in [9.17, 15) is 14.0 Å². The lowest BCUT2D eigenvalue weighted by Crippen LogP contribution is -2.39. The number of halogens is 1. The van der Waals surface area contributed by atoms with Gasteiger partial charge in [0.1, 0.15) is 11.6 Å². The van der Waals surface area contributed by atoms with Crippen LogP contribution in [0.1, 0.15) is 32.1 Å². The number of fused-ring (bicyclic) bond motifs is 3. The maximum Gasteiger partial charge on any atom is 0.332 e. The van der Waals surface area contributed by atoms with E-state index in [1.807, 2.05) is 20.8 Å². The van der Waals surface area contributed by atoms with E-state index >= 15 is 0 Å². The van der Waals surface area contributed by atoms with Crippen LogP contribution in [0.3, 0.4) is 0 Å². The quantitative estimate of drug-likeness (QED) is 0.543. The maximum absolute atomic E-state index is 14.0. The van der Waals surface area contributed by atoms with Crippen molar-refractivity contribution < 1.29 is 8.81 Å². The fourth-order valence-electron chi connectivity index (χ4n) is 3.04. The third-order valence-electron chi connectivity index (χ3n) is 4.62. The van der Waals surface area contributed by atoms with Crippen molar-refractivity contribution in [3.8, 4) is 0 Å². The summed E-state index contributed by atoms with van der Waals surface area (Å²) in [5.41, 5.74) is -0.645. The van der Waals surface area contributed by atoms with E-state index in [0.717, 1.165) is 4.57 Å². The Morgan fingerprint density at radius 3 is 2.56 bits per heavy atom. The molecule has 0 radical (unpaired) electrons. The average Bonchev–Trinajstić information content (AvgIpc) is 3.16. The molecule has 27 heavy (non-hydrogen) atoms. The van der Waals surface area contributed by atoms with Gasteiger partial charge in [-0.15, -0.1) is 0 Å². The number of benzene rings is 1. The summed E-state index contributed by atoms with van der Waals surface area (Å²) in [5.74, 6) is 0.440. The smallest absolute Gasteiger partial charge is 0.332 e. The van der Waals surface area contributed by atoms with Gasteiger partial charge in [-0.3, -0.25) is 18.3 Å². The molecule has 0 aliphatic rings. The van der Waals surface area contributed by atoms with E-state index in [0.29, 0.717) is 5.76 Å². The van der Waals surface area contributed by atoms with Crippen LogP contribution >= 0.6 is 0 Å². The fraction of sp³-hybridized carbons (Fsp3) is 0.316. The van der Waals surface area contributed by atoms with Crippen molar-refractivity contribution in [3.63, 3.8) is 0 Å². The minimum Gasteiger partial charge on any atom is -0.428 e. The predicted molar refractivity (Wildman–Crippen MR) is 98.7 cm³/mol. The monoisotopic (exact) mass is 370 g/mol. The van der Waals surface area contributed by atoms with E-state index < -0.39 is 17.1 Å². The summed E-state index contributed by atoms with van der Waals surface area (Å²) < 4.78 is 23.6. The van der Waals surface area contributed by atoms with Crippen molar-refractivity contribution in [2.45, 2.75) is 32.7 Å². The standard InChI is InChI=1S/C19H19FN4O3/c1-19(2,3)13-10-23-14-15(21-17(23)27-13)22(4)18(26)24(16(14)25)9-11-7-5-6-8-12(11)20/h5-8,10H,9H2,1-4H3. The van der Waals surface area contributed by atoms with Crippen molar-refractivity contribution in [2.24, 2.45) is 7.05 Å². The molecule has 0 aliphatic carbocycles. The van der Waals surface area contributed by atoms with E-state index in [1.165, 1.54) is 17.7 Å². The molecular weight excluding hydrogens is 351 g/mol. The molecule has 3 aromatic heterocycles. The summed E-state index contributed by atoms with van der Waals surface area (Å²) in [7, 11) is 1.53. The Bertz CT molecular complexity index is 1300. The first-order valence-corrected chi connectivity index (χ1v) is 8.54. The number of imidazole rings is 1. The molecule has 0 amide bonds. The minimum absolute atomic E-state index is 0.161. The zero-order chi connectivity index (χ0) is 19.5. The Morgan fingerprint density at radius 2 is 1.89 bits per heavy atom. The average molecular weight is 370 g/mol. The molecule has 8 heteroatoms. The summed E-state index contributed by atoms with van der Waals surface area (Å²) in [6, 6.07) is 6.07. The predicted octanol–water partition coefficient (Wildman–Crippen LogP) is 2.43. The topological polar surface area (TPSA) is 74.4 Å². The second-order valence-electron chi connectivity index (χ2n) is 7.61. The van der Waals surface area contributed by atoms with Crippen molar-refractivity contribution in [2.75, 3.05) is 0 Å². The highest BCUT2D eigenvalue weighted by Gasteiger charge is 2.24. The molecule has 0 atom stereocenters. The summed E-state index contributed by atoms with van der Waals surface area (Å²) in [5, 5.41) is 0. The Morgan fingerprint density at radius 1 is 1.19 bits per heavy atom. The molecule has 140 valence electrons. The van der Waals surface area contributed by atoms with Crippen LogP contribution in [-0.2, 0) is 19.0 Å². The molecule has 0 fully saturated rings. The second-order valence-corrected chi connectivity index (χ2v) is 7.61. The number of hydrogen-bond donors (Lipinski definition) is 0. The highest BCUT2D eigenvalue weighted by Crippen LogP contribution is 2.26. The van der Waals surface area contributed by atoms with Crippen LogP contribution < -0.4 is 11.2 Å². The molecule has 4 rings (SSSR count). The van der Waals surface area contributed by atoms with Gasteiger partial charge in [0.15, 0.2) is 11.2 Å².